The van der Waals surface area contributed by atoms with Gasteiger partial charge in [-0.1, -0.05) is 12.1 Å². The molecule has 3 aromatic rings. The lowest BCUT2D eigenvalue weighted by molar-refractivity contribution is -0.138. The van der Waals surface area contributed by atoms with Gasteiger partial charge in [0.05, 0.1) is 11.0 Å². The van der Waals surface area contributed by atoms with Crippen LogP contribution in [0.25, 0.3) is 16.8 Å². The second kappa shape index (κ2) is 5.09. The zero-order valence-corrected chi connectivity index (χ0v) is 11.5. The normalized spacial score (nSPS) is 11.1. The number of benzene rings is 1. The molecule has 1 aromatic carbocycles. The number of rotatable bonds is 4. The van der Waals surface area contributed by atoms with Gasteiger partial charge in [0, 0.05) is 0 Å². The molecule has 3 rings (SSSR count). The number of carboxylic acid groups (broad SMARTS) is 2. The summed E-state index contributed by atoms with van der Waals surface area (Å²) in [5, 5.41) is 21.7. The number of hydrogen-bond acceptors (Lipinski definition) is 5. The Morgan fingerprint density at radius 1 is 0.957 bits per heavy atom. The van der Waals surface area contributed by atoms with Crippen molar-refractivity contribution in [2.24, 2.45) is 0 Å². The highest BCUT2D eigenvalue weighted by Gasteiger charge is 2.19. The van der Waals surface area contributed by atoms with E-state index in [0.29, 0.717) is 15.7 Å². The van der Waals surface area contributed by atoms with Gasteiger partial charge in [-0.25, -0.2) is 9.08 Å². The standard InChI is InChI=1S/C13H10N4O6/c18-9(19)5-15-7-3-1-2-4-8(7)17-12(23)11(22)16(6-10(20)21)14-13(15)17/h1-4H,5-6H2,(H,18,19)(H,20,21). The summed E-state index contributed by atoms with van der Waals surface area (Å²) >= 11 is 0. The molecule has 0 fully saturated rings. The zero-order valence-electron chi connectivity index (χ0n) is 11.5. The summed E-state index contributed by atoms with van der Waals surface area (Å²) in [4.78, 5) is 46.1. The molecule has 23 heavy (non-hydrogen) atoms. The van der Waals surface area contributed by atoms with Crippen molar-refractivity contribution >= 4 is 28.7 Å². The van der Waals surface area contributed by atoms with Crippen LogP contribution >= 0.6 is 0 Å². The molecule has 0 bridgehead atoms. The largest absolute Gasteiger partial charge is 0.480 e. The van der Waals surface area contributed by atoms with Crippen LogP contribution in [0.1, 0.15) is 0 Å². The van der Waals surface area contributed by atoms with Crippen molar-refractivity contribution in [1.29, 1.82) is 0 Å². The number of fused-ring (bicyclic) bond motifs is 3. The lowest BCUT2D eigenvalue weighted by atomic mass is 10.3. The third-order valence-electron chi connectivity index (χ3n) is 3.26. The molecule has 2 N–H and O–H groups in total. The Balaban J connectivity index is 2.49. The van der Waals surface area contributed by atoms with Crippen LogP contribution in [-0.2, 0) is 22.7 Å². The SMILES string of the molecule is O=C(O)Cn1nc2n(CC(=O)O)c3ccccc3n2c(=O)c1=O. The molecule has 118 valence electrons. The van der Waals surface area contributed by atoms with Gasteiger partial charge in [0.25, 0.3) is 0 Å². The predicted octanol–water partition coefficient (Wildman–Crippen LogP) is -1.02. The van der Waals surface area contributed by atoms with E-state index in [4.69, 9.17) is 10.2 Å². The van der Waals surface area contributed by atoms with Gasteiger partial charge in [0.1, 0.15) is 13.1 Å². The second-order valence-electron chi connectivity index (χ2n) is 4.77. The number of nitrogens with zero attached hydrogens (tertiary/aromatic N) is 4. The highest BCUT2D eigenvalue weighted by atomic mass is 16.4. The average Bonchev–Trinajstić information content (AvgIpc) is 2.78. The van der Waals surface area contributed by atoms with Crippen molar-refractivity contribution in [2.45, 2.75) is 13.1 Å². The Kier molecular flexibility index (Phi) is 3.21. The molecule has 0 aliphatic carbocycles. The summed E-state index contributed by atoms with van der Waals surface area (Å²) in [6.07, 6.45) is 0. The number of para-hydroxylation sites is 2. The van der Waals surface area contributed by atoms with Gasteiger partial charge in [-0.15, -0.1) is 5.10 Å². The van der Waals surface area contributed by atoms with Crippen LogP contribution in [0.4, 0.5) is 0 Å². The van der Waals surface area contributed by atoms with E-state index in [1.54, 1.807) is 24.3 Å². The number of carbonyl (C=O) groups is 2. The number of aromatic nitrogens is 4. The van der Waals surface area contributed by atoms with Gasteiger partial charge in [-0.3, -0.25) is 23.7 Å². The first-order valence-corrected chi connectivity index (χ1v) is 6.45. The molecular weight excluding hydrogens is 308 g/mol. The monoisotopic (exact) mass is 318 g/mol. The fourth-order valence-electron chi connectivity index (χ4n) is 2.40. The minimum atomic E-state index is -1.34. The second-order valence-corrected chi connectivity index (χ2v) is 4.77. The first-order chi connectivity index (χ1) is 10.9. The van der Waals surface area contributed by atoms with Crippen molar-refractivity contribution in [2.75, 3.05) is 0 Å². The molecule has 2 aromatic heterocycles. The molecule has 0 amide bonds. The van der Waals surface area contributed by atoms with Gasteiger partial charge in [-0.05, 0) is 12.1 Å². The predicted molar refractivity (Wildman–Crippen MR) is 76.5 cm³/mol. The molecule has 0 spiro atoms. The van der Waals surface area contributed by atoms with Crippen molar-refractivity contribution < 1.29 is 19.8 Å². The molecular formula is C13H10N4O6. The first kappa shape index (κ1) is 14.5. The minimum Gasteiger partial charge on any atom is -0.480 e. The maximum atomic E-state index is 12.3. The summed E-state index contributed by atoms with van der Waals surface area (Å²) in [6, 6.07) is 6.40. The van der Waals surface area contributed by atoms with Gasteiger partial charge < -0.3 is 10.2 Å². The molecule has 0 aliphatic rings. The molecule has 0 atom stereocenters. The van der Waals surface area contributed by atoms with E-state index in [2.05, 4.69) is 5.10 Å². The number of aliphatic carboxylic acids is 2. The molecule has 0 radical (unpaired) electrons. The molecule has 0 saturated heterocycles. The third kappa shape index (κ3) is 2.25. The fourth-order valence-corrected chi connectivity index (χ4v) is 2.40. The summed E-state index contributed by atoms with van der Waals surface area (Å²) in [5.41, 5.74) is -1.37. The van der Waals surface area contributed by atoms with Gasteiger partial charge in [0.2, 0.25) is 5.78 Å². The lowest BCUT2D eigenvalue weighted by Gasteiger charge is -2.04. The van der Waals surface area contributed by atoms with E-state index < -0.39 is 36.1 Å². The lowest BCUT2D eigenvalue weighted by Crippen LogP contribution is -2.41. The number of imidazole rings is 1. The van der Waals surface area contributed by atoms with Crippen LogP contribution < -0.4 is 11.1 Å². The van der Waals surface area contributed by atoms with E-state index in [-0.39, 0.29) is 5.78 Å². The molecule has 2 heterocycles. The van der Waals surface area contributed by atoms with Crippen LogP contribution in [0.2, 0.25) is 0 Å². The molecule has 10 heteroatoms. The third-order valence-corrected chi connectivity index (χ3v) is 3.26. The van der Waals surface area contributed by atoms with E-state index in [9.17, 15) is 19.2 Å². The summed E-state index contributed by atoms with van der Waals surface area (Å²) < 4.78 is 2.73. The van der Waals surface area contributed by atoms with Crippen LogP contribution in [-0.4, -0.2) is 40.9 Å². The molecule has 0 aliphatic heterocycles. The number of hydrogen-bond donors (Lipinski definition) is 2. The zero-order chi connectivity index (χ0) is 16.7. The Hall–Kier alpha value is -3.43. The summed E-state index contributed by atoms with van der Waals surface area (Å²) in [6.45, 7) is -1.28. The van der Waals surface area contributed by atoms with Crippen molar-refractivity contribution in [1.82, 2.24) is 18.7 Å². The molecule has 10 nitrogen and oxygen atoms in total. The van der Waals surface area contributed by atoms with Gasteiger partial charge in [0.15, 0.2) is 0 Å². The summed E-state index contributed by atoms with van der Waals surface area (Å²) in [5.74, 6) is -2.62. The van der Waals surface area contributed by atoms with Crippen molar-refractivity contribution in [3.05, 3.63) is 45.0 Å². The molecule has 0 unspecified atom stereocenters. The van der Waals surface area contributed by atoms with E-state index in [0.717, 1.165) is 4.40 Å². The van der Waals surface area contributed by atoms with Crippen LogP contribution in [0.3, 0.4) is 0 Å². The van der Waals surface area contributed by atoms with E-state index in [1.165, 1.54) is 4.57 Å². The molecule has 0 saturated carbocycles. The maximum Gasteiger partial charge on any atom is 0.333 e. The highest BCUT2D eigenvalue weighted by Crippen LogP contribution is 2.17. The Morgan fingerprint density at radius 2 is 1.57 bits per heavy atom. The quantitative estimate of drug-likeness (QED) is 0.587. The maximum absolute atomic E-state index is 12.3. The average molecular weight is 318 g/mol. The number of carboxylic acids is 2. The highest BCUT2D eigenvalue weighted by molar-refractivity contribution is 5.82. The van der Waals surface area contributed by atoms with Crippen molar-refractivity contribution in [3.63, 3.8) is 0 Å². The first-order valence-electron chi connectivity index (χ1n) is 6.45. The van der Waals surface area contributed by atoms with Crippen LogP contribution in [0.5, 0.6) is 0 Å². The Morgan fingerprint density at radius 3 is 2.17 bits per heavy atom. The van der Waals surface area contributed by atoms with Gasteiger partial charge >= 0.3 is 23.1 Å². The van der Waals surface area contributed by atoms with Crippen LogP contribution in [0.15, 0.2) is 33.9 Å². The fraction of sp³-hybridized carbons (Fsp3) is 0.154. The van der Waals surface area contributed by atoms with Crippen LogP contribution in [0, 0.1) is 0 Å². The van der Waals surface area contributed by atoms with E-state index >= 15 is 0 Å². The topological polar surface area (TPSA) is 136 Å². The smallest absolute Gasteiger partial charge is 0.333 e. The van der Waals surface area contributed by atoms with Crippen molar-refractivity contribution in [3.8, 4) is 0 Å². The summed E-state index contributed by atoms with van der Waals surface area (Å²) in [7, 11) is 0. The Bertz CT molecular complexity index is 1070. The van der Waals surface area contributed by atoms with Gasteiger partial charge in [-0.2, -0.15) is 0 Å². The Labute approximate surface area is 126 Å². The minimum absolute atomic E-state index is 0.112. The van der Waals surface area contributed by atoms with E-state index in [1.807, 2.05) is 0 Å².